The predicted molar refractivity (Wildman–Crippen MR) is 85.8 cm³/mol. The molecule has 1 fully saturated rings. The Bertz CT molecular complexity index is 582. The number of hydrogen-bond acceptors (Lipinski definition) is 4. The second-order valence-corrected chi connectivity index (χ2v) is 7.50. The Morgan fingerprint density at radius 3 is 2.43 bits per heavy atom. The molecule has 1 aliphatic heterocycles. The van der Waals surface area contributed by atoms with Crippen molar-refractivity contribution in [3.05, 3.63) is 23.3 Å². The van der Waals surface area contributed by atoms with Crippen molar-refractivity contribution < 1.29 is 8.42 Å². The van der Waals surface area contributed by atoms with Gasteiger partial charge in [-0.2, -0.15) is 0 Å². The van der Waals surface area contributed by atoms with Crippen LogP contribution in [0.25, 0.3) is 0 Å². The fourth-order valence-corrected chi connectivity index (χ4v) is 4.09. The number of benzene rings is 1. The Labute approximate surface area is 127 Å². The van der Waals surface area contributed by atoms with Gasteiger partial charge in [-0.15, -0.1) is 0 Å². The van der Waals surface area contributed by atoms with E-state index in [-0.39, 0.29) is 10.9 Å². The lowest BCUT2D eigenvalue weighted by Gasteiger charge is -2.31. The first-order valence-electron chi connectivity index (χ1n) is 7.45. The minimum atomic E-state index is -3.49. The monoisotopic (exact) mass is 311 g/mol. The van der Waals surface area contributed by atoms with Crippen LogP contribution < -0.4 is 10.5 Å². The van der Waals surface area contributed by atoms with Crippen molar-refractivity contribution in [3.63, 3.8) is 0 Å². The van der Waals surface area contributed by atoms with Gasteiger partial charge >= 0.3 is 0 Å². The Kier molecular flexibility index (Phi) is 4.91. The number of nitrogens with two attached hydrogens (primary N) is 1. The summed E-state index contributed by atoms with van der Waals surface area (Å²) in [5.41, 5.74) is 8.25. The third kappa shape index (κ3) is 3.75. The number of sulfonamides is 1. The molecule has 21 heavy (non-hydrogen) atoms. The zero-order chi connectivity index (χ0) is 15.6. The maximum atomic E-state index is 12.5. The zero-order valence-corrected chi connectivity index (χ0v) is 13.8. The molecule has 0 saturated carbocycles. The van der Waals surface area contributed by atoms with Crippen molar-refractivity contribution in [3.8, 4) is 0 Å². The molecule has 0 radical (unpaired) electrons. The number of piperidine rings is 1. The molecule has 6 heteroatoms. The average Bonchev–Trinajstić information content (AvgIpc) is 2.44. The van der Waals surface area contributed by atoms with Gasteiger partial charge in [-0.05, 0) is 69.6 Å². The SMILES string of the molecule is CCN1CCC(NS(=O)(=O)c2cc(C)c(C)c(N)c2)CC1. The summed E-state index contributed by atoms with van der Waals surface area (Å²) in [6, 6.07) is 3.25. The van der Waals surface area contributed by atoms with Gasteiger partial charge in [-0.25, -0.2) is 13.1 Å². The minimum absolute atomic E-state index is 0.0145. The fourth-order valence-electron chi connectivity index (χ4n) is 2.66. The number of aryl methyl sites for hydroxylation is 1. The largest absolute Gasteiger partial charge is 0.398 e. The fraction of sp³-hybridized carbons (Fsp3) is 0.600. The third-order valence-electron chi connectivity index (χ3n) is 4.35. The number of nitrogens with zero attached hydrogens (tertiary/aromatic N) is 1. The number of nitrogens with one attached hydrogen (secondary N) is 1. The first-order chi connectivity index (χ1) is 9.83. The molecule has 5 nitrogen and oxygen atoms in total. The average molecular weight is 311 g/mol. The zero-order valence-electron chi connectivity index (χ0n) is 13.0. The van der Waals surface area contributed by atoms with E-state index in [1.165, 1.54) is 0 Å². The summed E-state index contributed by atoms with van der Waals surface area (Å²) in [6.45, 7) is 8.81. The first-order valence-corrected chi connectivity index (χ1v) is 8.93. The van der Waals surface area contributed by atoms with Gasteiger partial charge < -0.3 is 10.6 Å². The molecule has 1 saturated heterocycles. The van der Waals surface area contributed by atoms with E-state index in [2.05, 4.69) is 16.5 Å². The molecule has 0 bridgehead atoms. The van der Waals surface area contributed by atoms with E-state index in [9.17, 15) is 8.42 Å². The summed E-state index contributed by atoms with van der Waals surface area (Å²) < 4.78 is 27.8. The van der Waals surface area contributed by atoms with E-state index in [0.717, 1.165) is 43.6 Å². The van der Waals surface area contributed by atoms with Crippen LogP contribution in [0.2, 0.25) is 0 Å². The highest BCUT2D eigenvalue weighted by Gasteiger charge is 2.24. The van der Waals surface area contributed by atoms with Crippen LogP contribution in [0.15, 0.2) is 17.0 Å². The molecule has 1 heterocycles. The van der Waals surface area contributed by atoms with Crippen LogP contribution in [-0.2, 0) is 10.0 Å². The molecule has 1 aromatic carbocycles. The van der Waals surface area contributed by atoms with E-state index >= 15 is 0 Å². The van der Waals surface area contributed by atoms with Crippen molar-refractivity contribution in [1.29, 1.82) is 0 Å². The molecule has 0 spiro atoms. The lowest BCUT2D eigenvalue weighted by Crippen LogP contribution is -2.44. The molecule has 0 atom stereocenters. The van der Waals surface area contributed by atoms with E-state index < -0.39 is 10.0 Å². The van der Waals surface area contributed by atoms with E-state index in [4.69, 9.17) is 5.73 Å². The van der Waals surface area contributed by atoms with Crippen LogP contribution >= 0.6 is 0 Å². The Morgan fingerprint density at radius 2 is 1.90 bits per heavy atom. The summed E-state index contributed by atoms with van der Waals surface area (Å²) in [7, 11) is -3.49. The molecule has 2 rings (SSSR count). The molecule has 1 aliphatic rings. The van der Waals surface area contributed by atoms with E-state index in [0.29, 0.717) is 5.69 Å². The second-order valence-electron chi connectivity index (χ2n) is 5.78. The standard InChI is InChI=1S/C15H25N3O2S/c1-4-18-7-5-13(6-8-18)17-21(19,20)14-9-11(2)12(3)15(16)10-14/h9-10,13,17H,4-8,16H2,1-3H3. The number of likely N-dealkylation sites (tertiary alicyclic amines) is 1. The van der Waals surface area contributed by atoms with Gasteiger partial charge in [-0.1, -0.05) is 6.92 Å². The molecular weight excluding hydrogens is 286 g/mol. The molecule has 0 aliphatic carbocycles. The maximum absolute atomic E-state index is 12.5. The summed E-state index contributed by atoms with van der Waals surface area (Å²) in [4.78, 5) is 2.60. The summed E-state index contributed by atoms with van der Waals surface area (Å²) >= 11 is 0. The van der Waals surface area contributed by atoms with E-state index in [1.54, 1.807) is 12.1 Å². The molecule has 3 N–H and O–H groups in total. The minimum Gasteiger partial charge on any atom is -0.398 e. The normalized spacial score (nSPS) is 18.0. The van der Waals surface area contributed by atoms with Crippen LogP contribution in [0.4, 0.5) is 5.69 Å². The number of rotatable bonds is 4. The quantitative estimate of drug-likeness (QED) is 0.829. The lowest BCUT2D eigenvalue weighted by atomic mass is 10.1. The Balaban J connectivity index is 2.12. The number of hydrogen-bond donors (Lipinski definition) is 2. The van der Waals surface area contributed by atoms with Crippen LogP contribution in [0.5, 0.6) is 0 Å². The number of nitrogen functional groups attached to an aromatic ring is 1. The molecule has 0 aromatic heterocycles. The molecule has 0 unspecified atom stereocenters. The summed E-state index contributed by atoms with van der Waals surface area (Å²) in [5.74, 6) is 0. The van der Waals surface area contributed by atoms with Gasteiger partial charge in [0.2, 0.25) is 10.0 Å². The van der Waals surface area contributed by atoms with Crippen LogP contribution in [0.1, 0.15) is 30.9 Å². The highest BCUT2D eigenvalue weighted by molar-refractivity contribution is 7.89. The molecular formula is C15H25N3O2S. The van der Waals surface area contributed by atoms with Crippen molar-refractivity contribution in [2.75, 3.05) is 25.4 Å². The van der Waals surface area contributed by atoms with Crippen LogP contribution in [0.3, 0.4) is 0 Å². The smallest absolute Gasteiger partial charge is 0.240 e. The predicted octanol–water partition coefficient (Wildman–Crippen LogP) is 1.65. The highest BCUT2D eigenvalue weighted by Crippen LogP contribution is 2.22. The van der Waals surface area contributed by atoms with Gasteiger partial charge in [0.25, 0.3) is 0 Å². The van der Waals surface area contributed by atoms with Crippen molar-refractivity contribution >= 4 is 15.7 Å². The summed E-state index contributed by atoms with van der Waals surface area (Å²) in [6.07, 6.45) is 1.71. The van der Waals surface area contributed by atoms with Gasteiger partial charge in [0.15, 0.2) is 0 Å². The lowest BCUT2D eigenvalue weighted by molar-refractivity contribution is 0.217. The maximum Gasteiger partial charge on any atom is 0.240 e. The second kappa shape index (κ2) is 6.34. The molecule has 1 aromatic rings. The number of anilines is 1. The van der Waals surface area contributed by atoms with E-state index in [1.807, 2.05) is 13.8 Å². The third-order valence-corrected chi connectivity index (χ3v) is 5.85. The van der Waals surface area contributed by atoms with Crippen molar-refractivity contribution in [2.45, 2.75) is 44.6 Å². The van der Waals surface area contributed by atoms with Gasteiger partial charge in [-0.3, -0.25) is 0 Å². The first kappa shape index (κ1) is 16.3. The van der Waals surface area contributed by atoms with Crippen molar-refractivity contribution in [1.82, 2.24) is 9.62 Å². The summed E-state index contributed by atoms with van der Waals surface area (Å²) in [5, 5.41) is 0. The Morgan fingerprint density at radius 1 is 1.29 bits per heavy atom. The van der Waals surface area contributed by atoms with Crippen LogP contribution in [0, 0.1) is 13.8 Å². The molecule has 118 valence electrons. The van der Waals surface area contributed by atoms with Gasteiger partial charge in [0.1, 0.15) is 0 Å². The van der Waals surface area contributed by atoms with Gasteiger partial charge in [0, 0.05) is 11.7 Å². The Hall–Kier alpha value is -1.11. The topological polar surface area (TPSA) is 75.4 Å². The van der Waals surface area contributed by atoms with Crippen molar-refractivity contribution in [2.24, 2.45) is 0 Å². The molecule has 0 amide bonds. The van der Waals surface area contributed by atoms with Gasteiger partial charge in [0.05, 0.1) is 4.90 Å². The highest BCUT2D eigenvalue weighted by atomic mass is 32.2. The van der Waals surface area contributed by atoms with Crippen LogP contribution in [-0.4, -0.2) is 39.0 Å².